The Labute approximate surface area is 115 Å². The predicted octanol–water partition coefficient (Wildman–Crippen LogP) is 5.12. The molecule has 0 N–H and O–H groups in total. The minimum atomic E-state index is -2.38. The van der Waals surface area contributed by atoms with Gasteiger partial charge in [-0.25, -0.2) is 8.78 Å². The molecule has 1 heterocycles. The molecule has 108 valence electrons. The fraction of sp³-hybridized carbons (Fsp3) is 0.625. The zero-order valence-electron chi connectivity index (χ0n) is 12.6. The van der Waals surface area contributed by atoms with E-state index in [0.717, 1.165) is 25.1 Å². The molecule has 1 aliphatic rings. The van der Waals surface area contributed by atoms with E-state index in [1.165, 1.54) is 5.56 Å². The first kappa shape index (κ1) is 15.9. The Kier molecular flexibility index (Phi) is 5.77. The van der Waals surface area contributed by atoms with Gasteiger partial charge in [-0.15, -0.1) is 0 Å². The Balaban J connectivity index is 0.000000861. The van der Waals surface area contributed by atoms with Crippen molar-refractivity contribution in [2.45, 2.75) is 59.9 Å². The molecular weight excluding hydrogens is 244 g/mol. The highest BCUT2D eigenvalue weighted by atomic mass is 19.3. The van der Waals surface area contributed by atoms with E-state index in [2.05, 4.69) is 18.7 Å². The van der Waals surface area contributed by atoms with E-state index in [1.807, 2.05) is 19.9 Å². The first-order chi connectivity index (χ1) is 9.00. The van der Waals surface area contributed by atoms with Crippen LogP contribution in [0.25, 0.3) is 0 Å². The molecule has 0 atom stereocenters. The molecule has 0 unspecified atom stereocenters. The zero-order valence-corrected chi connectivity index (χ0v) is 12.6. The van der Waals surface area contributed by atoms with Gasteiger partial charge >= 0.3 is 0 Å². The summed E-state index contributed by atoms with van der Waals surface area (Å²) < 4.78 is 25.8. The molecule has 1 nitrogen and oxygen atoms in total. The van der Waals surface area contributed by atoms with Gasteiger partial charge in [0.05, 0.1) is 0 Å². The van der Waals surface area contributed by atoms with Crippen molar-refractivity contribution in [1.29, 1.82) is 0 Å². The lowest BCUT2D eigenvalue weighted by Gasteiger charge is -2.35. The highest BCUT2D eigenvalue weighted by Gasteiger charge is 2.22. The lowest BCUT2D eigenvalue weighted by molar-refractivity contribution is 0.150. The average molecular weight is 269 g/mol. The summed E-state index contributed by atoms with van der Waals surface area (Å²) >= 11 is 0. The Hall–Kier alpha value is -1.12. The molecule has 0 saturated heterocycles. The maximum Gasteiger partial charge on any atom is 0.264 e. The normalized spacial score (nSPS) is 14.3. The van der Waals surface area contributed by atoms with E-state index in [4.69, 9.17) is 0 Å². The third-order valence-corrected chi connectivity index (χ3v) is 3.48. The van der Waals surface area contributed by atoms with Crippen LogP contribution in [0.5, 0.6) is 0 Å². The summed E-state index contributed by atoms with van der Waals surface area (Å²) in [6, 6.07) is 3.99. The Morgan fingerprint density at radius 1 is 1.16 bits per heavy atom. The third-order valence-electron chi connectivity index (χ3n) is 3.48. The molecule has 3 heteroatoms. The van der Waals surface area contributed by atoms with Gasteiger partial charge in [-0.2, -0.15) is 0 Å². The van der Waals surface area contributed by atoms with Crippen molar-refractivity contribution in [2.24, 2.45) is 0 Å². The molecule has 0 aliphatic carbocycles. The maximum atomic E-state index is 12.9. The van der Waals surface area contributed by atoms with Gasteiger partial charge in [0.2, 0.25) is 0 Å². The van der Waals surface area contributed by atoms with E-state index >= 15 is 0 Å². The van der Waals surface area contributed by atoms with E-state index in [1.54, 1.807) is 13.0 Å². The van der Waals surface area contributed by atoms with Crippen molar-refractivity contribution in [3.05, 3.63) is 28.8 Å². The summed E-state index contributed by atoms with van der Waals surface area (Å²) in [6.07, 6.45) is -0.266. The molecule has 0 fully saturated rings. The molecule has 2 rings (SSSR count). The molecule has 0 aromatic heterocycles. The van der Waals surface area contributed by atoms with Crippen LogP contribution in [-0.4, -0.2) is 12.6 Å². The van der Waals surface area contributed by atoms with E-state index < -0.39 is 6.43 Å². The van der Waals surface area contributed by atoms with Gasteiger partial charge in [-0.05, 0) is 50.8 Å². The molecule has 1 aromatic carbocycles. The van der Waals surface area contributed by atoms with Crippen LogP contribution in [0.4, 0.5) is 14.5 Å². The summed E-state index contributed by atoms with van der Waals surface area (Å²) in [7, 11) is 0. The van der Waals surface area contributed by atoms with E-state index in [9.17, 15) is 8.78 Å². The summed E-state index contributed by atoms with van der Waals surface area (Å²) in [5.41, 5.74) is 3.11. The van der Waals surface area contributed by atoms with Gasteiger partial charge in [-0.1, -0.05) is 19.9 Å². The molecule has 0 spiro atoms. The second-order valence-corrected chi connectivity index (χ2v) is 5.03. The standard InChI is InChI=1S/C14H19F2N.C2H6/c1-9(2)17-6-4-5-11-7-10(3)12(14(15)16)8-13(11)17;1-2/h7-9,14H,4-6H2,1-3H3;1-2H3. The first-order valence-corrected chi connectivity index (χ1v) is 7.19. The Bertz CT molecular complexity index is 413. The second-order valence-electron chi connectivity index (χ2n) is 5.03. The van der Waals surface area contributed by atoms with Crippen LogP contribution in [0.1, 0.15) is 57.2 Å². The molecule has 1 aliphatic heterocycles. The number of alkyl halides is 2. The van der Waals surface area contributed by atoms with Crippen LogP contribution in [0.15, 0.2) is 12.1 Å². The molecule has 19 heavy (non-hydrogen) atoms. The number of rotatable bonds is 2. The maximum absolute atomic E-state index is 12.9. The van der Waals surface area contributed by atoms with E-state index in [-0.39, 0.29) is 5.56 Å². The number of hydrogen-bond acceptors (Lipinski definition) is 1. The fourth-order valence-electron chi connectivity index (χ4n) is 2.57. The number of aryl methyl sites for hydroxylation is 2. The lowest BCUT2D eigenvalue weighted by Crippen LogP contribution is -2.35. The van der Waals surface area contributed by atoms with Crippen LogP contribution in [-0.2, 0) is 6.42 Å². The van der Waals surface area contributed by atoms with Crippen LogP contribution in [0.2, 0.25) is 0 Å². The van der Waals surface area contributed by atoms with Crippen LogP contribution in [0, 0.1) is 6.92 Å². The highest BCUT2D eigenvalue weighted by molar-refractivity contribution is 5.59. The molecule has 0 radical (unpaired) electrons. The number of benzene rings is 1. The quantitative estimate of drug-likeness (QED) is 0.720. The second kappa shape index (κ2) is 6.88. The van der Waals surface area contributed by atoms with Gasteiger partial charge in [-0.3, -0.25) is 0 Å². The third kappa shape index (κ3) is 3.46. The molecule has 0 amide bonds. The lowest BCUT2D eigenvalue weighted by atomic mass is 9.95. The monoisotopic (exact) mass is 269 g/mol. The predicted molar refractivity (Wildman–Crippen MR) is 78.3 cm³/mol. The topological polar surface area (TPSA) is 3.24 Å². The summed E-state index contributed by atoms with van der Waals surface area (Å²) in [5, 5.41) is 0. The van der Waals surface area contributed by atoms with Crippen LogP contribution < -0.4 is 4.90 Å². The number of anilines is 1. The van der Waals surface area contributed by atoms with Gasteiger partial charge in [0.15, 0.2) is 0 Å². The smallest absolute Gasteiger partial charge is 0.264 e. The minimum absolute atomic E-state index is 0.177. The number of hydrogen-bond donors (Lipinski definition) is 0. The first-order valence-electron chi connectivity index (χ1n) is 7.19. The fourth-order valence-corrected chi connectivity index (χ4v) is 2.57. The van der Waals surface area contributed by atoms with Crippen molar-refractivity contribution in [2.75, 3.05) is 11.4 Å². The van der Waals surface area contributed by atoms with Crippen LogP contribution >= 0.6 is 0 Å². The van der Waals surface area contributed by atoms with Crippen molar-refractivity contribution >= 4 is 5.69 Å². The zero-order chi connectivity index (χ0) is 14.6. The molecular formula is C16H25F2N. The molecule has 0 saturated carbocycles. The summed E-state index contributed by atoms with van der Waals surface area (Å²) in [5.74, 6) is 0. The van der Waals surface area contributed by atoms with Crippen molar-refractivity contribution in [3.8, 4) is 0 Å². The summed E-state index contributed by atoms with van der Waals surface area (Å²) in [4.78, 5) is 2.23. The SMILES string of the molecule is CC.Cc1cc2c(cc1C(F)F)N(C(C)C)CCC2. The van der Waals surface area contributed by atoms with Gasteiger partial charge < -0.3 is 4.90 Å². The largest absolute Gasteiger partial charge is 0.369 e. The number of nitrogens with zero attached hydrogens (tertiary/aromatic N) is 1. The summed E-state index contributed by atoms with van der Waals surface area (Å²) in [6.45, 7) is 11.0. The molecule has 0 bridgehead atoms. The van der Waals surface area contributed by atoms with Gasteiger partial charge in [0, 0.05) is 23.8 Å². The van der Waals surface area contributed by atoms with Crippen LogP contribution in [0.3, 0.4) is 0 Å². The average Bonchev–Trinajstić information content (AvgIpc) is 2.38. The van der Waals surface area contributed by atoms with Gasteiger partial charge in [0.1, 0.15) is 0 Å². The number of fused-ring (bicyclic) bond motifs is 1. The Morgan fingerprint density at radius 3 is 2.32 bits per heavy atom. The Morgan fingerprint density at radius 2 is 1.79 bits per heavy atom. The van der Waals surface area contributed by atoms with Crippen molar-refractivity contribution in [3.63, 3.8) is 0 Å². The number of halogens is 2. The molecule has 1 aromatic rings. The van der Waals surface area contributed by atoms with Crippen molar-refractivity contribution in [1.82, 2.24) is 0 Å². The van der Waals surface area contributed by atoms with Gasteiger partial charge in [0.25, 0.3) is 6.43 Å². The van der Waals surface area contributed by atoms with E-state index in [0.29, 0.717) is 11.6 Å². The highest BCUT2D eigenvalue weighted by Crippen LogP contribution is 2.34. The minimum Gasteiger partial charge on any atom is -0.369 e. The van der Waals surface area contributed by atoms with Crippen molar-refractivity contribution < 1.29 is 8.78 Å².